The average molecular weight is 212 g/mol. The maximum Gasteiger partial charge on any atom is 0.0991 e. The number of thiazole rings is 1. The molecule has 1 aliphatic rings. The third-order valence-corrected chi connectivity index (χ3v) is 4.19. The first-order valence-corrected chi connectivity index (χ1v) is 5.69. The predicted molar refractivity (Wildman–Crippen MR) is 57.3 cm³/mol. The van der Waals surface area contributed by atoms with Crippen LogP contribution in [0.4, 0.5) is 0 Å². The van der Waals surface area contributed by atoms with Crippen LogP contribution in [0.3, 0.4) is 0 Å². The molecule has 0 aliphatic heterocycles. The summed E-state index contributed by atoms with van der Waals surface area (Å²) >= 11 is 1.75. The SMILES string of the molecule is COCc1nc(C2(C)CC2)sc1CN. The van der Waals surface area contributed by atoms with Crippen molar-refractivity contribution in [2.45, 2.75) is 38.3 Å². The number of hydrogen-bond acceptors (Lipinski definition) is 4. The van der Waals surface area contributed by atoms with Crippen molar-refractivity contribution in [3.8, 4) is 0 Å². The van der Waals surface area contributed by atoms with Gasteiger partial charge in [-0.1, -0.05) is 6.92 Å². The highest BCUT2D eigenvalue weighted by atomic mass is 32.1. The molecule has 3 nitrogen and oxygen atoms in total. The van der Waals surface area contributed by atoms with E-state index in [1.807, 2.05) is 0 Å². The third kappa shape index (κ3) is 1.69. The highest BCUT2D eigenvalue weighted by molar-refractivity contribution is 7.12. The summed E-state index contributed by atoms with van der Waals surface area (Å²) < 4.78 is 5.11. The fourth-order valence-electron chi connectivity index (χ4n) is 1.45. The van der Waals surface area contributed by atoms with Crippen molar-refractivity contribution in [2.24, 2.45) is 5.73 Å². The molecule has 0 unspecified atom stereocenters. The van der Waals surface area contributed by atoms with Crippen LogP contribution in [0.2, 0.25) is 0 Å². The molecule has 1 aliphatic carbocycles. The van der Waals surface area contributed by atoms with Crippen molar-refractivity contribution in [3.05, 3.63) is 15.6 Å². The number of ether oxygens (including phenoxy) is 1. The molecule has 0 amide bonds. The summed E-state index contributed by atoms with van der Waals surface area (Å²) in [4.78, 5) is 5.79. The van der Waals surface area contributed by atoms with Gasteiger partial charge in [-0.25, -0.2) is 4.98 Å². The van der Waals surface area contributed by atoms with Gasteiger partial charge in [0.2, 0.25) is 0 Å². The largest absolute Gasteiger partial charge is 0.378 e. The van der Waals surface area contributed by atoms with E-state index in [0.717, 1.165) is 5.69 Å². The van der Waals surface area contributed by atoms with Crippen molar-refractivity contribution in [1.82, 2.24) is 4.98 Å². The van der Waals surface area contributed by atoms with Gasteiger partial charge in [0.1, 0.15) is 0 Å². The predicted octanol–water partition coefficient (Wildman–Crippen LogP) is 1.80. The average Bonchev–Trinajstić information content (AvgIpc) is 2.79. The molecule has 0 saturated heterocycles. The third-order valence-electron chi connectivity index (χ3n) is 2.76. The minimum atomic E-state index is 0.348. The van der Waals surface area contributed by atoms with Gasteiger partial charge in [0.15, 0.2) is 0 Å². The Bertz CT molecular complexity index is 331. The van der Waals surface area contributed by atoms with Crippen LogP contribution in [0.1, 0.15) is 35.3 Å². The maximum atomic E-state index is 5.67. The Kier molecular flexibility index (Phi) is 2.60. The molecule has 0 aromatic carbocycles. The van der Waals surface area contributed by atoms with Crippen molar-refractivity contribution < 1.29 is 4.74 Å². The molecule has 0 spiro atoms. The van der Waals surface area contributed by atoms with Crippen LogP contribution < -0.4 is 5.73 Å². The first kappa shape index (κ1) is 10.1. The van der Waals surface area contributed by atoms with Gasteiger partial charge in [0.25, 0.3) is 0 Å². The molecule has 2 N–H and O–H groups in total. The Balaban J connectivity index is 2.26. The van der Waals surface area contributed by atoms with Gasteiger partial charge in [0, 0.05) is 23.9 Å². The number of nitrogens with zero attached hydrogens (tertiary/aromatic N) is 1. The van der Waals surface area contributed by atoms with E-state index in [1.165, 1.54) is 22.7 Å². The van der Waals surface area contributed by atoms with E-state index >= 15 is 0 Å². The van der Waals surface area contributed by atoms with Crippen molar-refractivity contribution in [2.75, 3.05) is 7.11 Å². The molecule has 0 radical (unpaired) electrons. The van der Waals surface area contributed by atoms with E-state index < -0.39 is 0 Å². The van der Waals surface area contributed by atoms with Crippen LogP contribution in [0, 0.1) is 0 Å². The molecule has 1 aromatic heterocycles. The van der Waals surface area contributed by atoms with E-state index in [1.54, 1.807) is 18.4 Å². The molecule has 1 saturated carbocycles. The van der Waals surface area contributed by atoms with Gasteiger partial charge in [-0.3, -0.25) is 0 Å². The molecule has 0 bridgehead atoms. The summed E-state index contributed by atoms with van der Waals surface area (Å²) in [7, 11) is 1.69. The molecule has 2 rings (SSSR count). The molecule has 1 fully saturated rings. The van der Waals surface area contributed by atoms with Gasteiger partial charge in [-0.2, -0.15) is 0 Å². The lowest BCUT2D eigenvalue weighted by Crippen LogP contribution is -2.00. The van der Waals surface area contributed by atoms with Gasteiger partial charge in [-0.05, 0) is 12.8 Å². The molecule has 0 atom stereocenters. The number of hydrogen-bond donors (Lipinski definition) is 1. The normalized spacial score (nSPS) is 18.5. The number of aromatic nitrogens is 1. The van der Waals surface area contributed by atoms with E-state index in [0.29, 0.717) is 18.6 Å². The summed E-state index contributed by atoms with van der Waals surface area (Å²) in [5, 5.41) is 1.24. The fourth-order valence-corrected chi connectivity index (χ4v) is 2.60. The second-order valence-corrected chi connectivity index (χ2v) is 5.17. The minimum absolute atomic E-state index is 0.348. The monoisotopic (exact) mass is 212 g/mol. The summed E-state index contributed by atoms with van der Waals surface area (Å²) in [6, 6.07) is 0. The lowest BCUT2D eigenvalue weighted by atomic mass is 10.2. The molecule has 1 heterocycles. The number of rotatable bonds is 4. The van der Waals surface area contributed by atoms with Gasteiger partial charge in [-0.15, -0.1) is 11.3 Å². The van der Waals surface area contributed by atoms with Crippen LogP contribution in [0.5, 0.6) is 0 Å². The van der Waals surface area contributed by atoms with Gasteiger partial charge < -0.3 is 10.5 Å². The zero-order valence-electron chi connectivity index (χ0n) is 8.67. The van der Waals surface area contributed by atoms with Gasteiger partial charge in [0.05, 0.1) is 17.3 Å². The maximum absolute atomic E-state index is 5.67. The summed E-state index contributed by atoms with van der Waals surface area (Å²) in [6.45, 7) is 3.42. The Morgan fingerprint density at radius 3 is 2.79 bits per heavy atom. The second-order valence-electron chi connectivity index (χ2n) is 4.09. The van der Waals surface area contributed by atoms with E-state index in [9.17, 15) is 0 Å². The lowest BCUT2D eigenvalue weighted by Gasteiger charge is -2.00. The zero-order valence-corrected chi connectivity index (χ0v) is 9.49. The smallest absolute Gasteiger partial charge is 0.0991 e. The first-order valence-electron chi connectivity index (χ1n) is 4.87. The molecule has 14 heavy (non-hydrogen) atoms. The molecular formula is C10H16N2OS. The van der Waals surface area contributed by atoms with Crippen molar-refractivity contribution in [1.29, 1.82) is 0 Å². The molecule has 4 heteroatoms. The number of methoxy groups -OCH3 is 1. The number of nitrogens with two attached hydrogens (primary N) is 1. The van der Waals surface area contributed by atoms with E-state index in [4.69, 9.17) is 10.5 Å². The Morgan fingerprint density at radius 1 is 1.57 bits per heavy atom. The standard InChI is InChI=1S/C10H16N2OS/c1-10(3-4-10)9-12-7(6-13-2)8(5-11)14-9/h3-6,11H2,1-2H3. The zero-order chi connectivity index (χ0) is 10.2. The highest BCUT2D eigenvalue weighted by Crippen LogP contribution is 2.49. The van der Waals surface area contributed by atoms with Crippen molar-refractivity contribution >= 4 is 11.3 Å². The minimum Gasteiger partial charge on any atom is -0.378 e. The van der Waals surface area contributed by atoms with Crippen molar-refractivity contribution in [3.63, 3.8) is 0 Å². The lowest BCUT2D eigenvalue weighted by molar-refractivity contribution is 0.181. The molecular weight excluding hydrogens is 196 g/mol. The molecule has 1 aromatic rings. The Labute approximate surface area is 88.3 Å². The topological polar surface area (TPSA) is 48.1 Å². The van der Waals surface area contributed by atoms with Crippen LogP contribution in [-0.2, 0) is 23.3 Å². The summed E-state index contributed by atoms with van der Waals surface area (Å²) in [6.07, 6.45) is 2.52. The summed E-state index contributed by atoms with van der Waals surface area (Å²) in [5.74, 6) is 0. The molecule has 78 valence electrons. The Hall–Kier alpha value is -0.450. The fraction of sp³-hybridized carbons (Fsp3) is 0.700. The van der Waals surface area contributed by atoms with Crippen LogP contribution >= 0.6 is 11.3 Å². The van der Waals surface area contributed by atoms with Gasteiger partial charge >= 0.3 is 0 Å². The Morgan fingerprint density at radius 2 is 2.29 bits per heavy atom. The highest BCUT2D eigenvalue weighted by Gasteiger charge is 2.42. The van der Waals surface area contributed by atoms with Crippen LogP contribution in [0.25, 0.3) is 0 Å². The van der Waals surface area contributed by atoms with Crippen LogP contribution in [-0.4, -0.2) is 12.1 Å². The first-order chi connectivity index (χ1) is 6.69. The van der Waals surface area contributed by atoms with E-state index in [2.05, 4.69) is 11.9 Å². The second kappa shape index (κ2) is 3.61. The van der Waals surface area contributed by atoms with E-state index in [-0.39, 0.29) is 0 Å². The summed E-state index contributed by atoms with van der Waals surface area (Å²) in [5.41, 5.74) is 7.05. The van der Waals surface area contributed by atoms with Crippen LogP contribution in [0.15, 0.2) is 0 Å². The quantitative estimate of drug-likeness (QED) is 0.828.